The average Bonchev–Trinajstić information content (AvgIpc) is 2.53. The predicted octanol–water partition coefficient (Wildman–Crippen LogP) is 1.04. The molecule has 3 rings (SSSR count). The maximum absolute atomic E-state index is 12.6. The number of aromatic carboxylic acids is 1. The molecule has 1 aromatic rings. The van der Waals surface area contributed by atoms with Crippen molar-refractivity contribution < 1.29 is 24.2 Å². The summed E-state index contributed by atoms with van der Waals surface area (Å²) in [6, 6.07) is 4.67. The van der Waals surface area contributed by atoms with E-state index in [1.165, 1.54) is 6.07 Å². The van der Waals surface area contributed by atoms with Gasteiger partial charge in [-0.2, -0.15) is 0 Å². The second-order valence-electron chi connectivity index (χ2n) is 4.84. The molecule has 0 saturated carbocycles. The van der Waals surface area contributed by atoms with Crippen LogP contribution in [0, 0.1) is 0 Å². The Balaban J connectivity index is 1.91. The topological polar surface area (TPSA) is 79.3 Å². The summed E-state index contributed by atoms with van der Waals surface area (Å²) in [5, 5.41) is 9.20. The third-order valence-corrected chi connectivity index (χ3v) is 3.59. The number of carbonyl (C=O) groups is 2. The Labute approximate surface area is 121 Å². The van der Waals surface area contributed by atoms with Gasteiger partial charge in [-0.3, -0.25) is 4.90 Å². The molecule has 0 bridgehead atoms. The SMILES string of the molecule is O=C(O)c1cccc2c1OCCN2C(=O)N1CCOCC1. The fourth-order valence-electron chi connectivity index (χ4n) is 2.54. The van der Waals surface area contributed by atoms with Crippen LogP contribution in [0.4, 0.5) is 10.5 Å². The number of rotatable bonds is 1. The number of carbonyl (C=O) groups excluding carboxylic acids is 1. The Morgan fingerprint density at radius 2 is 1.86 bits per heavy atom. The number of hydrogen-bond acceptors (Lipinski definition) is 4. The summed E-state index contributed by atoms with van der Waals surface area (Å²) < 4.78 is 10.7. The van der Waals surface area contributed by atoms with Crippen LogP contribution in [-0.4, -0.2) is 61.5 Å². The number of nitrogens with zero attached hydrogens (tertiary/aromatic N) is 2. The second-order valence-corrected chi connectivity index (χ2v) is 4.84. The predicted molar refractivity (Wildman–Crippen MR) is 74.0 cm³/mol. The number of anilines is 1. The first-order chi connectivity index (χ1) is 10.2. The van der Waals surface area contributed by atoms with Crippen LogP contribution in [0.5, 0.6) is 5.75 Å². The minimum Gasteiger partial charge on any atom is -0.489 e. The summed E-state index contributed by atoms with van der Waals surface area (Å²) in [7, 11) is 0. The van der Waals surface area contributed by atoms with Gasteiger partial charge < -0.3 is 19.5 Å². The van der Waals surface area contributed by atoms with Gasteiger partial charge in [-0.15, -0.1) is 0 Å². The average molecular weight is 292 g/mol. The molecule has 0 spiro atoms. The quantitative estimate of drug-likeness (QED) is 0.836. The van der Waals surface area contributed by atoms with E-state index in [1.54, 1.807) is 21.9 Å². The molecule has 1 fully saturated rings. The molecule has 0 radical (unpaired) electrons. The first-order valence-corrected chi connectivity index (χ1v) is 6.82. The number of benzene rings is 1. The number of carboxylic acid groups (broad SMARTS) is 1. The van der Waals surface area contributed by atoms with E-state index < -0.39 is 5.97 Å². The number of hydrogen-bond donors (Lipinski definition) is 1. The van der Waals surface area contributed by atoms with E-state index >= 15 is 0 Å². The van der Waals surface area contributed by atoms with Crippen LogP contribution in [0.25, 0.3) is 0 Å². The maximum Gasteiger partial charge on any atom is 0.339 e. The zero-order valence-electron chi connectivity index (χ0n) is 11.4. The molecular weight excluding hydrogens is 276 g/mol. The molecule has 0 atom stereocenters. The van der Waals surface area contributed by atoms with Gasteiger partial charge in [0.15, 0.2) is 5.75 Å². The van der Waals surface area contributed by atoms with Crippen molar-refractivity contribution in [3.63, 3.8) is 0 Å². The van der Waals surface area contributed by atoms with Gasteiger partial charge in [0.25, 0.3) is 0 Å². The third kappa shape index (κ3) is 2.52. The minimum atomic E-state index is -1.06. The van der Waals surface area contributed by atoms with Crippen LogP contribution >= 0.6 is 0 Å². The number of carboxylic acids is 1. The highest BCUT2D eigenvalue weighted by Gasteiger charge is 2.30. The van der Waals surface area contributed by atoms with Gasteiger partial charge in [-0.05, 0) is 12.1 Å². The fraction of sp³-hybridized carbons (Fsp3) is 0.429. The first kappa shape index (κ1) is 13.7. The zero-order chi connectivity index (χ0) is 14.8. The Morgan fingerprint density at radius 3 is 2.57 bits per heavy atom. The molecule has 2 amide bonds. The van der Waals surface area contributed by atoms with Gasteiger partial charge in [0, 0.05) is 13.1 Å². The highest BCUT2D eigenvalue weighted by molar-refractivity contribution is 5.99. The Bertz CT molecular complexity index is 568. The lowest BCUT2D eigenvalue weighted by Gasteiger charge is -2.36. The molecule has 0 unspecified atom stereocenters. The van der Waals surface area contributed by atoms with Crippen molar-refractivity contribution in [1.82, 2.24) is 4.90 Å². The van der Waals surface area contributed by atoms with Crippen molar-refractivity contribution in [2.45, 2.75) is 0 Å². The summed E-state index contributed by atoms with van der Waals surface area (Å²) in [5.41, 5.74) is 0.588. The van der Waals surface area contributed by atoms with Gasteiger partial charge in [0.2, 0.25) is 0 Å². The van der Waals surface area contributed by atoms with Gasteiger partial charge >= 0.3 is 12.0 Å². The fourth-order valence-corrected chi connectivity index (χ4v) is 2.54. The summed E-state index contributed by atoms with van der Waals surface area (Å²) in [6.07, 6.45) is 0. The van der Waals surface area contributed by atoms with E-state index in [0.29, 0.717) is 38.5 Å². The van der Waals surface area contributed by atoms with Crippen molar-refractivity contribution in [2.75, 3.05) is 44.4 Å². The molecule has 1 aromatic carbocycles. The first-order valence-electron chi connectivity index (χ1n) is 6.82. The van der Waals surface area contributed by atoms with Crippen LogP contribution in [-0.2, 0) is 4.74 Å². The summed E-state index contributed by atoms with van der Waals surface area (Å²) in [4.78, 5) is 27.1. The monoisotopic (exact) mass is 292 g/mol. The summed E-state index contributed by atoms with van der Waals surface area (Å²) in [6.45, 7) is 2.84. The zero-order valence-corrected chi connectivity index (χ0v) is 11.4. The molecule has 2 aliphatic rings. The lowest BCUT2D eigenvalue weighted by atomic mass is 10.1. The minimum absolute atomic E-state index is 0.0759. The lowest BCUT2D eigenvalue weighted by Crippen LogP contribution is -2.50. The lowest BCUT2D eigenvalue weighted by molar-refractivity contribution is 0.0545. The largest absolute Gasteiger partial charge is 0.489 e. The number of morpholine rings is 1. The van der Waals surface area contributed by atoms with Gasteiger partial charge in [-0.25, -0.2) is 9.59 Å². The van der Waals surface area contributed by atoms with Gasteiger partial charge in [-0.1, -0.05) is 6.07 Å². The van der Waals surface area contributed by atoms with E-state index in [4.69, 9.17) is 9.47 Å². The summed E-state index contributed by atoms with van der Waals surface area (Å²) in [5.74, 6) is -0.801. The molecule has 1 saturated heterocycles. The molecule has 2 heterocycles. The van der Waals surface area contributed by atoms with E-state index in [9.17, 15) is 14.7 Å². The van der Waals surface area contributed by atoms with Gasteiger partial charge in [0.1, 0.15) is 12.2 Å². The van der Waals surface area contributed by atoms with E-state index in [-0.39, 0.29) is 24.0 Å². The molecule has 7 heteroatoms. The Kier molecular flexibility index (Phi) is 3.66. The van der Waals surface area contributed by atoms with Crippen molar-refractivity contribution in [3.05, 3.63) is 23.8 Å². The molecule has 2 aliphatic heterocycles. The Hall–Kier alpha value is -2.28. The van der Waals surface area contributed by atoms with Crippen molar-refractivity contribution in [3.8, 4) is 5.75 Å². The maximum atomic E-state index is 12.6. The van der Waals surface area contributed by atoms with Crippen molar-refractivity contribution >= 4 is 17.7 Å². The van der Waals surface area contributed by atoms with E-state index in [2.05, 4.69) is 0 Å². The number of para-hydroxylation sites is 1. The third-order valence-electron chi connectivity index (χ3n) is 3.59. The van der Waals surface area contributed by atoms with Crippen LogP contribution in [0.3, 0.4) is 0 Å². The summed E-state index contributed by atoms with van der Waals surface area (Å²) >= 11 is 0. The second kappa shape index (κ2) is 5.61. The molecule has 0 aromatic heterocycles. The van der Waals surface area contributed by atoms with Crippen molar-refractivity contribution in [1.29, 1.82) is 0 Å². The number of urea groups is 1. The van der Waals surface area contributed by atoms with Crippen molar-refractivity contribution in [2.24, 2.45) is 0 Å². The van der Waals surface area contributed by atoms with E-state index in [1.807, 2.05) is 0 Å². The smallest absolute Gasteiger partial charge is 0.339 e. The van der Waals surface area contributed by atoms with Crippen LogP contribution in [0.15, 0.2) is 18.2 Å². The molecule has 7 nitrogen and oxygen atoms in total. The number of ether oxygens (including phenoxy) is 2. The molecule has 21 heavy (non-hydrogen) atoms. The standard InChI is InChI=1S/C14H16N2O5/c17-13(18)10-2-1-3-11-12(10)21-9-6-16(11)14(19)15-4-7-20-8-5-15/h1-3H,4-9H2,(H,17,18). The molecular formula is C14H16N2O5. The Morgan fingerprint density at radius 1 is 1.10 bits per heavy atom. The number of fused-ring (bicyclic) bond motifs is 1. The number of amides is 2. The highest BCUT2D eigenvalue weighted by Crippen LogP contribution is 2.35. The van der Waals surface area contributed by atoms with Crippen LogP contribution in [0.2, 0.25) is 0 Å². The van der Waals surface area contributed by atoms with Gasteiger partial charge in [0.05, 0.1) is 25.4 Å². The highest BCUT2D eigenvalue weighted by atomic mass is 16.5. The van der Waals surface area contributed by atoms with Crippen LogP contribution in [0.1, 0.15) is 10.4 Å². The van der Waals surface area contributed by atoms with Crippen LogP contribution < -0.4 is 9.64 Å². The molecule has 1 N–H and O–H groups in total. The molecule has 112 valence electrons. The normalized spacial score (nSPS) is 17.9. The van der Waals surface area contributed by atoms with E-state index in [0.717, 1.165) is 0 Å². The molecule has 0 aliphatic carbocycles.